The summed E-state index contributed by atoms with van der Waals surface area (Å²) < 4.78 is 6.07. The maximum atomic E-state index is 9.57. The number of aryl methyl sites for hydroxylation is 2. The Bertz CT molecular complexity index is 873. The number of aromatic hydroxyl groups is 1. The maximum Gasteiger partial charge on any atom is 0.195 e. The summed E-state index contributed by atoms with van der Waals surface area (Å²) in [5, 5.41) is 17.8. The highest BCUT2D eigenvalue weighted by Crippen LogP contribution is 2.35. The Hall–Kier alpha value is -2.37. The van der Waals surface area contributed by atoms with Gasteiger partial charge in [-0.3, -0.25) is 0 Å². The largest absolute Gasteiger partial charge is 0.508 e. The molecule has 0 amide bonds. The smallest absolute Gasteiger partial charge is 0.195 e. The molecule has 0 fully saturated rings. The molecule has 3 heterocycles. The molecule has 3 nitrogen and oxygen atoms in total. The van der Waals surface area contributed by atoms with Crippen LogP contribution in [0.1, 0.15) is 11.5 Å². The van der Waals surface area contributed by atoms with Crippen molar-refractivity contribution in [1.82, 2.24) is 4.98 Å². The number of hydrogen-bond acceptors (Lipinski definition) is 5. The van der Waals surface area contributed by atoms with Crippen molar-refractivity contribution in [1.29, 1.82) is 0 Å². The average molecular weight is 353 g/mol. The first-order valence-electron chi connectivity index (χ1n) is 7.62. The molecule has 0 aliphatic carbocycles. The molecular formula is C19H15NO2S2. The van der Waals surface area contributed by atoms with Crippen molar-refractivity contribution >= 4 is 22.7 Å². The topological polar surface area (TPSA) is 46.3 Å². The Kier molecular flexibility index (Phi) is 4.19. The van der Waals surface area contributed by atoms with Gasteiger partial charge in [0.15, 0.2) is 11.7 Å². The first kappa shape index (κ1) is 15.2. The Labute approximate surface area is 147 Å². The minimum absolute atomic E-state index is 0.290. The van der Waals surface area contributed by atoms with Gasteiger partial charge in [0.1, 0.15) is 11.4 Å². The van der Waals surface area contributed by atoms with E-state index in [4.69, 9.17) is 9.40 Å². The number of rotatable bonds is 5. The van der Waals surface area contributed by atoms with Crippen LogP contribution in [0.5, 0.6) is 5.75 Å². The summed E-state index contributed by atoms with van der Waals surface area (Å²) in [4.78, 5) is 4.73. The molecule has 0 aliphatic rings. The third kappa shape index (κ3) is 3.13. The highest BCUT2D eigenvalue weighted by atomic mass is 32.1. The summed E-state index contributed by atoms with van der Waals surface area (Å²) in [5.74, 6) is 1.85. The fourth-order valence-corrected chi connectivity index (χ4v) is 3.90. The Balaban J connectivity index is 1.63. The predicted octanol–water partition coefficient (Wildman–Crippen LogP) is 5.62. The summed E-state index contributed by atoms with van der Waals surface area (Å²) in [6.45, 7) is 0. The molecule has 1 aromatic carbocycles. The van der Waals surface area contributed by atoms with E-state index in [1.165, 1.54) is 0 Å². The fourth-order valence-electron chi connectivity index (χ4n) is 2.62. The van der Waals surface area contributed by atoms with Gasteiger partial charge in [0.05, 0.1) is 0 Å². The lowest BCUT2D eigenvalue weighted by Crippen LogP contribution is -1.91. The number of phenolic OH excluding ortho intramolecular Hbond substituents is 1. The zero-order valence-corrected chi connectivity index (χ0v) is 14.4. The first-order valence-corrected chi connectivity index (χ1v) is 9.51. The molecular weight excluding hydrogens is 338 g/mol. The molecule has 1 N–H and O–H groups in total. The van der Waals surface area contributed by atoms with Crippen molar-refractivity contribution in [2.45, 2.75) is 12.8 Å². The first-order chi connectivity index (χ1) is 11.8. The molecule has 0 unspecified atom stereocenters. The van der Waals surface area contributed by atoms with Crippen molar-refractivity contribution in [3.63, 3.8) is 0 Å². The monoisotopic (exact) mass is 353 g/mol. The molecule has 3 aromatic heterocycles. The van der Waals surface area contributed by atoms with Crippen LogP contribution >= 0.6 is 22.7 Å². The molecule has 0 radical (unpaired) electrons. The van der Waals surface area contributed by atoms with Gasteiger partial charge in [-0.15, -0.1) is 0 Å². The summed E-state index contributed by atoms with van der Waals surface area (Å²) in [6, 6.07) is 11.4. The van der Waals surface area contributed by atoms with Crippen LogP contribution in [-0.4, -0.2) is 10.1 Å². The minimum Gasteiger partial charge on any atom is -0.508 e. The second-order valence-electron chi connectivity index (χ2n) is 5.48. The Morgan fingerprint density at radius 1 is 0.958 bits per heavy atom. The van der Waals surface area contributed by atoms with Gasteiger partial charge in [-0.1, -0.05) is 12.1 Å². The lowest BCUT2D eigenvalue weighted by Gasteiger charge is -1.99. The van der Waals surface area contributed by atoms with Crippen LogP contribution in [0.15, 0.2) is 62.3 Å². The van der Waals surface area contributed by atoms with E-state index in [0.29, 0.717) is 6.42 Å². The van der Waals surface area contributed by atoms with Gasteiger partial charge in [-0.2, -0.15) is 22.7 Å². The minimum atomic E-state index is 0.290. The van der Waals surface area contributed by atoms with Gasteiger partial charge in [0.2, 0.25) is 0 Å². The summed E-state index contributed by atoms with van der Waals surface area (Å²) in [5.41, 5.74) is 4.13. The zero-order valence-electron chi connectivity index (χ0n) is 12.8. The van der Waals surface area contributed by atoms with Crippen LogP contribution in [0.25, 0.3) is 22.6 Å². The number of benzene rings is 1. The van der Waals surface area contributed by atoms with Gasteiger partial charge < -0.3 is 9.52 Å². The number of aromatic nitrogens is 1. The van der Waals surface area contributed by atoms with Gasteiger partial charge >= 0.3 is 0 Å². The maximum absolute atomic E-state index is 9.57. The van der Waals surface area contributed by atoms with Crippen molar-refractivity contribution < 1.29 is 9.52 Å². The van der Waals surface area contributed by atoms with Crippen LogP contribution in [0.2, 0.25) is 0 Å². The second kappa shape index (κ2) is 6.63. The molecule has 5 heteroatoms. The quantitative estimate of drug-likeness (QED) is 0.506. The zero-order chi connectivity index (χ0) is 16.4. The number of oxazole rings is 1. The van der Waals surface area contributed by atoms with Crippen molar-refractivity contribution in [2.75, 3.05) is 0 Å². The normalized spacial score (nSPS) is 11.0. The van der Waals surface area contributed by atoms with Crippen LogP contribution in [0.3, 0.4) is 0 Å². The SMILES string of the molecule is Oc1cccc(CCc2nc(-c3ccsc3)c(-c3ccsc3)o2)c1. The lowest BCUT2D eigenvalue weighted by atomic mass is 10.1. The number of hydrogen-bond donors (Lipinski definition) is 1. The van der Waals surface area contributed by atoms with Gasteiger partial charge in [-0.25, -0.2) is 4.98 Å². The standard InChI is InChI=1S/C19H15NO2S2/c21-16-3-1-2-13(10-16)4-5-17-20-18(14-6-8-23-11-14)19(22-17)15-7-9-24-12-15/h1-3,6-12,21H,4-5H2. The third-order valence-electron chi connectivity index (χ3n) is 3.79. The molecule has 0 aliphatic heterocycles. The van der Waals surface area contributed by atoms with Crippen molar-refractivity contribution in [2.24, 2.45) is 0 Å². The summed E-state index contributed by atoms with van der Waals surface area (Å²) in [6.07, 6.45) is 1.48. The number of phenols is 1. The molecule has 120 valence electrons. The second-order valence-corrected chi connectivity index (χ2v) is 7.04. The van der Waals surface area contributed by atoms with Crippen LogP contribution in [0.4, 0.5) is 0 Å². The van der Waals surface area contributed by atoms with E-state index in [1.54, 1.807) is 34.8 Å². The van der Waals surface area contributed by atoms with E-state index in [1.807, 2.05) is 22.9 Å². The van der Waals surface area contributed by atoms with Crippen molar-refractivity contribution in [3.8, 4) is 28.3 Å². The van der Waals surface area contributed by atoms with E-state index >= 15 is 0 Å². The highest BCUT2D eigenvalue weighted by Gasteiger charge is 2.17. The number of thiophene rings is 2. The van der Waals surface area contributed by atoms with Gasteiger partial charge in [0, 0.05) is 28.3 Å². The Morgan fingerprint density at radius 3 is 2.46 bits per heavy atom. The molecule has 0 atom stereocenters. The molecule has 4 rings (SSSR count). The van der Waals surface area contributed by atoms with E-state index in [2.05, 4.69) is 22.9 Å². The summed E-state index contributed by atoms with van der Waals surface area (Å²) >= 11 is 3.30. The van der Waals surface area contributed by atoms with Crippen molar-refractivity contribution in [3.05, 3.63) is 69.4 Å². The molecule has 24 heavy (non-hydrogen) atoms. The van der Waals surface area contributed by atoms with Crippen LogP contribution < -0.4 is 0 Å². The lowest BCUT2D eigenvalue weighted by molar-refractivity contribution is 0.473. The molecule has 0 saturated carbocycles. The molecule has 0 bridgehead atoms. The van der Waals surface area contributed by atoms with E-state index in [-0.39, 0.29) is 5.75 Å². The molecule has 4 aromatic rings. The van der Waals surface area contributed by atoms with E-state index < -0.39 is 0 Å². The molecule has 0 saturated heterocycles. The third-order valence-corrected chi connectivity index (χ3v) is 5.15. The van der Waals surface area contributed by atoms with Crippen LogP contribution in [-0.2, 0) is 12.8 Å². The van der Waals surface area contributed by atoms with E-state index in [0.717, 1.165) is 40.5 Å². The highest BCUT2D eigenvalue weighted by molar-refractivity contribution is 7.08. The van der Waals surface area contributed by atoms with Crippen LogP contribution in [0, 0.1) is 0 Å². The fraction of sp³-hybridized carbons (Fsp3) is 0.105. The van der Waals surface area contributed by atoms with Gasteiger partial charge in [-0.05, 0) is 47.0 Å². The average Bonchev–Trinajstić information content (AvgIpc) is 3.32. The number of nitrogens with zero attached hydrogens (tertiary/aromatic N) is 1. The molecule has 0 spiro atoms. The summed E-state index contributed by atoms with van der Waals surface area (Å²) in [7, 11) is 0. The van der Waals surface area contributed by atoms with Gasteiger partial charge in [0.25, 0.3) is 0 Å². The van der Waals surface area contributed by atoms with E-state index in [9.17, 15) is 5.11 Å². The predicted molar refractivity (Wildman–Crippen MR) is 98.6 cm³/mol. The Morgan fingerprint density at radius 2 is 1.75 bits per heavy atom.